The number of carbonyl (C=O) groups excluding carboxylic acids is 1. The largest absolute Gasteiger partial charge is 0.496 e. The number of hydrogen-bond donors (Lipinski definition) is 1. The van der Waals surface area contributed by atoms with Crippen LogP contribution < -0.4 is 9.46 Å². The molecule has 0 spiro atoms. The van der Waals surface area contributed by atoms with Gasteiger partial charge in [-0.1, -0.05) is 35.0 Å². The van der Waals surface area contributed by atoms with Gasteiger partial charge in [0.1, 0.15) is 11.4 Å². The number of esters is 1. The number of anilines is 1. The third-order valence-electron chi connectivity index (χ3n) is 4.99. The van der Waals surface area contributed by atoms with Gasteiger partial charge in [-0.05, 0) is 55.5 Å². The van der Waals surface area contributed by atoms with E-state index in [9.17, 15) is 13.2 Å². The molecule has 0 saturated heterocycles. The van der Waals surface area contributed by atoms with Crippen LogP contribution in [0.5, 0.6) is 5.75 Å². The molecule has 1 aromatic heterocycles. The van der Waals surface area contributed by atoms with Gasteiger partial charge in [0.2, 0.25) is 0 Å². The summed E-state index contributed by atoms with van der Waals surface area (Å²) in [6, 6.07) is 21.5. The maximum Gasteiger partial charge on any atom is 0.338 e. The molecule has 0 aliphatic rings. The van der Waals surface area contributed by atoms with E-state index < -0.39 is 16.0 Å². The summed E-state index contributed by atoms with van der Waals surface area (Å²) in [6.07, 6.45) is 0. The number of nitrogens with zero attached hydrogens (tertiary/aromatic N) is 1. The standard InChI is InChI=1S/C25H22N2O6S/c1-17-7-11-19(12-8-17)27-34(29,30)21-13-9-18(10-14-21)25(28)32-16-20-15-23(26-33-20)22-5-3-4-6-24(22)31-2/h3-15,27H,16H2,1-2H3. The van der Waals surface area contributed by atoms with Crippen LogP contribution in [-0.4, -0.2) is 26.7 Å². The number of sulfonamides is 1. The topological polar surface area (TPSA) is 108 Å². The highest BCUT2D eigenvalue weighted by Gasteiger charge is 2.17. The average molecular weight is 479 g/mol. The fourth-order valence-corrected chi connectivity index (χ4v) is 4.25. The minimum Gasteiger partial charge on any atom is -0.496 e. The van der Waals surface area contributed by atoms with Gasteiger partial charge in [-0.3, -0.25) is 4.72 Å². The van der Waals surface area contributed by atoms with E-state index >= 15 is 0 Å². The predicted octanol–water partition coefficient (Wildman–Crippen LogP) is 4.82. The Balaban J connectivity index is 1.39. The molecule has 9 heteroatoms. The van der Waals surface area contributed by atoms with Crippen molar-refractivity contribution in [3.8, 4) is 17.0 Å². The van der Waals surface area contributed by atoms with Gasteiger partial charge in [0.15, 0.2) is 12.4 Å². The Bertz CT molecular complexity index is 1390. The quantitative estimate of drug-likeness (QED) is 0.362. The molecule has 0 radical (unpaired) electrons. The Morgan fingerprint density at radius 3 is 2.41 bits per heavy atom. The maximum absolute atomic E-state index is 12.6. The summed E-state index contributed by atoms with van der Waals surface area (Å²) in [6.45, 7) is 1.79. The molecule has 8 nitrogen and oxygen atoms in total. The second-order valence-corrected chi connectivity index (χ2v) is 9.13. The van der Waals surface area contributed by atoms with Crippen molar-refractivity contribution in [2.24, 2.45) is 0 Å². The van der Waals surface area contributed by atoms with Crippen LogP contribution in [0.4, 0.5) is 5.69 Å². The van der Waals surface area contributed by atoms with Crippen molar-refractivity contribution < 1.29 is 27.2 Å². The van der Waals surface area contributed by atoms with Crippen molar-refractivity contribution in [2.75, 3.05) is 11.8 Å². The lowest BCUT2D eigenvalue weighted by molar-refractivity contribution is 0.0437. The third-order valence-corrected chi connectivity index (χ3v) is 6.39. The number of rotatable bonds is 8. The molecule has 174 valence electrons. The molecule has 34 heavy (non-hydrogen) atoms. The van der Waals surface area contributed by atoms with Gasteiger partial charge in [-0.15, -0.1) is 0 Å². The average Bonchev–Trinajstić information content (AvgIpc) is 3.33. The van der Waals surface area contributed by atoms with Crippen LogP contribution in [-0.2, 0) is 21.4 Å². The van der Waals surface area contributed by atoms with Crippen LogP contribution in [0.3, 0.4) is 0 Å². The maximum atomic E-state index is 12.6. The molecule has 0 fully saturated rings. The van der Waals surface area contributed by atoms with E-state index in [2.05, 4.69) is 9.88 Å². The monoisotopic (exact) mass is 478 g/mol. The lowest BCUT2D eigenvalue weighted by Gasteiger charge is -2.09. The molecule has 0 unspecified atom stereocenters. The second-order valence-electron chi connectivity index (χ2n) is 7.45. The fourth-order valence-electron chi connectivity index (χ4n) is 3.19. The molecule has 1 N–H and O–H groups in total. The summed E-state index contributed by atoms with van der Waals surface area (Å²) < 4.78 is 43.6. The van der Waals surface area contributed by atoms with Crippen molar-refractivity contribution in [1.82, 2.24) is 5.16 Å². The molecule has 0 saturated carbocycles. The molecule has 0 atom stereocenters. The molecule has 4 rings (SSSR count). The number of nitrogens with one attached hydrogen (secondary N) is 1. The first-order valence-electron chi connectivity index (χ1n) is 10.3. The van der Waals surface area contributed by atoms with E-state index in [0.717, 1.165) is 11.1 Å². The number of aryl methyl sites for hydroxylation is 1. The summed E-state index contributed by atoms with van der Waals surface area (Å²) in [5, 5.41) is 4.00. The van der Waals surface area contributed by atoms with Gasteiger partial charge < -0.3 is 14.0 Å². The van der Waals surface area contributed by atoms with Gasteiger partial charge in [0.05, 0.1) is 17.6 Å². The third kappa shape index (κ3) is 5.26. The van der Waals surface area contributed by atoms with Crippen LogP contribution in [0, 0.1) is 6.92 Å². The molecule has 0 aliphatic carbocycles. The molecule has 0 bridgehead atoms. The van der Waals surface area contributed by atoms with Crippen LogP contribution in [0.2, 0.25) is 0 Å². The molecule has 1 heterocycles. The van der Waals surface area contributed by atoms with Crippen molar-refractivity contribution in [3.63, 3.8) is 0 Å². The Morgan fingerprint density at radius 1 is 1.00 bits per heavy atom. The minimum atomic E-state index is -3.79. The van der Waals surface area contributed by atoms with Gasteiger partial charge in [-0.25, -0.2) is 13.2 Å². The Kier molecular flexibility index (Phi) is 6.65. The lowest BCUT2D eigenvalue weighted by atomic mass is 10.1. The molecular weight excluding hydrogens is 456 g/mol. The van der Waals surface area contributed by atoms with Crippen LogP contribution >= 0.6 is 0 Å². The summed E-state index contributed by atoms with van der Waals surface area (Å²) in [5.41, 5.74) is 2.99. The zero-order valence-electron chi connectivity index (χ0n) is 18.5. The Morgan fingerprint density at radius 2 is 1.71 bits per heavy atom. The van der Waals surface area contributed by atoms with Crippen molar-refractivity contribution in [1.29, 1.82) is 0 Å². The van der Waals surface area contributed by atoms with Gasteiger partial charge in [-0.2, -0.15) is 0 Å². The first-order valence-corrected chi connectivity index (χ1v) is 11.8. The molecular formula is C25H22N2O6S. The summed E-state index contributed by atoms with van der Waals surface area (Å²) in [7, 11) is -2.22. The van der Waals surface area contributed by atoms with Crippen LogP contribution in [0.1, 0.15) is 21.7 Å². The van der Waals surface area contributed by atoms with Gasteiger partial charge in [0.25, 0.3) is 10.0 Å². The number of aromatic nitrogens is 1. The van der Waals surface area contributed by atoms with E-state index in [1.807, 2.05) is 43.3 Å². The zero-order chi connectivity index (χ0) is 24.1. The lowest BCUT2D eigenvalue weighted by Crippen LogP contribution is -2.13. The number of ether oxygens (including phenoxy) is 2. The normalized spacial score (nSPS) is 11.1. The number of carbonyl (C=O) groups is 1. The van der Waals surface area contributed by atoms with Gasteiger partial charge >= 0.3 is 5.97 Å². The molecule has 0 amide bonds. The fraction of sp³-hybridized carbons (Fsp3) is 0.120. The predicted molar refractivity (Wildman–Crippen MR) is 126 cm³/mol. The van der Waals surface area contributed by atoms with E-state index in [-0.39, 0.29) is 17.1 Å². The minimum absolute atomic E-state index is 0.0290. The van der Waals surface area contributed by atoms with E-state index in [1.165, 1.54) is 24.3 Å². The van der Waals surface area contributed by atoms with Crippen LogP contribution in [0.25, 0.3) is 11.3 Å². The van der Waals surface area contributed by atoms with E-state index in [1.54, 1.807) is 25.3 Å². The number of hydrogen-bond acceptors (Lipinski definition) is 7. The zero-order valence-corrected chi connectivity index (χ0v) is 19.3. The highest BCUT2D eigenvalue weighted by atomic mass is 32.2. The first-order chi connectivity index (χ1) is 16.4. The van der Waals surface area contributed by atoms with Crippen LogP contribution in [0.15, 0.2) is 88.3 Å². The summed E-state index contributed by atoms with van der Waals surface area (Å²) >= 11 is 0. The highest BCUT2D eigenvalue weighted by Crippen LogP contribution is 2.29. The Labute approximate surface area is 197 Å². The number of methoxy groups -OCH3 is 1. The van der Waals surface area contributed by atoms with Crippen molar-refractivity contribution >= 4 is 21.7 Å². The second kappa shape index (κ2) is 9.80. The van der Waals surface area contributed by atoms with Gasteiger partial charge in [0, 0.05) is 17.3 Å². The first kappa shape index (κ1) is 23.1. The summed E-state index contributed by atoms with van der Waals surface area (Å²) in [5.74, 6) is 0.382. The van der Waals surface area contributed by atoms with E-state index in [0.29, 0.717) is 22.9 Å². The van der Waals surface area contributed by atoms with Crippen molar-refractivity contribution in [3.05, 3.63) is 95.7 Å². The van der Waals surface area contributed by atoms with E-state index in [4.69, 9.17) is 14.0 Å². The van der Waals surface area contributed by atoms with Crippen molar-refractivity contribution in [2.45, 2.75) is 18.4 Å². The Hall–Kier alpha value is -4.11. The smallest absolute Gasteiger partial charge is 0.338 e. The molecule has 0 aliphatic heterocycles. The number of para-hydroxylation sites is 1. The highest BCUT2D eigenvalue weighted by molar-refractivity contribution is 7.92. The number of benzene rings is 3. The molecule has 4 aromatic rings. The SMILES string of the molecule is COc1ccccc1-c1cc(COC(=O)c2ccc(S(=O)(=O)Nc3ccc(C)cc3)cc2)on1. The molecule has 3 aromatic carbocycles. The summed E-state index contributed by atoms with van der Waals surface area (Å²) in [4.78, 5) is 12.4.